The zero-order valence-corrected chi connectivity index (χ0v) is 17.1. The number of likely N-dealkylation sites (tertiary alicyclic amines) is 1. The molecule has 3 rings (SSSR count). The van der Waals surface area contributed by atoms with E-state index >= 15 is 0 Å². The maximum absolute atomic E-state index is 13.1. The zero-order valence-electron chi connectivity index (χ0n) is 17.1. The van der Waals surface area contributed by atoms with Gasteiger partial charge < -0.3 is 9.47 Å². The van der Waals surface area contributed by atoms with Gasteiger partial charge in [0.15, 0.2) is 0 Å². The number of esters is 1. The highest BCUT2D eigenvalue weighted by molar-refractivity contribution is 5.69. The van der Waals surface area contributed by atoms with Crippen LogP contribution in [0.5, 0.6) is 0 Å². The van der Waals surface area contributed by atoms with Crippen molar-refractivity contribution in [3.8, 4) is 11.1 Å². The van der Waals surface area contributed by atoms with Crippen molar-refractivity contribution >= 4 is 5.97 Å². The third-order valence-electron chi connectivity index (χ3n) is 5.26. The van der Waals surface area contributed by atoms with Gasteiger partial charge in [0.05, 0.1) is 13.2 Å². The van der Waals surface area contributed by atoms with Crippen LogP contribution in [0.25, 0.3) is 11.1 Å². The summed E-state index contributed by atoms with van der Waals surface area (Å²) in [6.45, 7) is 4.69. The first kappa shape index (κ1) is 21.5. The second kappa shape index (κ2) is 11.1. The topological polar surface area (TPSA) is 38.8 Å². The van der Waals surface area contributed by atoms with Crippen LogP contribution in [0.1, 0.15) is 44.6 Å². The van der Waals surface area contributed by atoms with E-state index in [4.69, 9.17) is 9.47 Å². The van der Waals surface area contributed by atoms with Crippen LogP contribution >= 0.6 is 0 Å². The molecular formula is C24H30FNO3. The number of rotatable bonds is 9. The smallest absolute Gasteiger partial charge is 0.305 e. The van der Waals surface area contributed by atoms with Crippen LogP contribution in [0.2, 0.25) is 0 Å². The number of hydrogen-bond acceptors (Lipinski definition) is 4. The van der Waals surface area contributed by atoms with Gasteiger partial charge in [0.25, 0.3) is 0 Å². The summed E-state index contributed by atoms with van der Waals surface area (Å²) in [4.78, 5) is 13.9. The van der Waals surface area contributed by atoms with Crippen molar-refractivity contribution in [1.82, 2.24) is 4.90 Å². The number of piperidine rings is 1. The van der Waals surface area contributed by atoms with Crippen LogP contribution in [0.15, 0.2) is 48.5 Å². The van der Waals surface area contributed by atoms with Crippen molar-refractivity contribution in [2.45, 2.75) is 51.9 Å². The summed E-state index contributed by atoms with van der Waals surface area (Å²) in [6, 6.07) is 14.7. The Labute approximate surface area is 172 Å². The molecule has 156 valence electrons. The van der Waals surface area contributed by atoms with Crippen LogP contribution in [-0.4, -0.2) is 36.8 Å². The molecular weight excluding hydrogens is 369 g/mol. The van der Waals surface area contributed by atoms with Crippen molar-refractivity contribution in [3.05, 3.63) is 59.9 Å². The van der Waals surface area contributed by atoms with Gasteiger partial charge in [-0.1, -0.05) is 36.4 Å². The molecule has 0 aromatic heterocycles. The van der Waals surface area contributed by atoms with Gasteiger partial charge in [0.2, 0.25) is 0 Å². The van der Waals surface area contributed by atoms with Gasteiger partial charge in [-0.2, -0.15) is 0 Å². The van der Waals surface area contributed by atoms with Gasteiger partial charge in [-0.3, -0.25) is 9.69 Å². The van der Waals surface area contributed by atoms with Crippen molar-refractivity contribution in [2.24, 2.45) is 0 Å². The summed E-state index contributed by atoms with van der Waals surface area (Å²) in [5, 5.41) is 0. The van der Waals surface area contributed by atoms with Crippen molar-refractivity contribution < 1.29 is 18.7 Å². The third kappa shape index (κ3) is 6.65. The summed E-state index contributed by atoms with van der Waals surface area (Å²) in [5.74, 6) is -0.346. The van der Waals surface area contributed by atoms with Crippen molar-refractivity contribution in [2.75, 3.05) is 19.7 Å². The minimum atomic E-state index is -0.224. The molecule has 1 aliphatic rings. The molecule has 29 heavy (non-hydrogen) atoms. The summed E-state index contributed by atoms with van der Waals surface area (Å²) < 4.78 is 24.3. The van der Waals surface area contributed by atoms with Gasteiger partial charge in [-0.25, -0.2) is 4.39 Å². The van der Waals surface area contributed by atoms with E-state index in [0.717, 1.165) is 42.6 Å². The third-order valence-corrected chi connectivity index (χ3v) is 5.26. The molecule has 1 atom stereocenters. The normalized spacial score (nSPS) is 17.2. The Morgan fingerprint density at radius 2 is 1.76 bits per heavy atom. The predicted molar refractivity (Wildman–Crippen MR) is 112 cm³/mol. The molecule has 2 aromatic rings. The lowest BCUT2D eigenvalue weighted by atomic mass is 10.0. The van der Waals surface area contributed by atoms with E-state index in [1.807, 2.05) is 19.1 Å². The highest BCUT2D eigenvalue weighted by Crippen LogP contribution is 2.23. The molecule has 0 spiro atoms. The van der Waals surface area contributed by atoms with Gasteiger partial charge >= 0.3 is 5.97 Å². The fourth-order valence-electron chi connectivity index (χ4n) is 3.69. The number of nitrogens with zero attached hydrogens (tertiary/aromatic N) is 1. The lowest BCUT2D eigenvalue weighted by molar-refractivity contribution is -0.143. The van der Waals surface area contributed by atoms with Crippen LogP contribution in [-0.2, 0) is 20.9 Å². The Hall–Kier alpha value is -2.24. The average Bonchev–Trinajstić information content (AvgIpc) is 2.74. The van der Waals surface area contributed by atoms with Gasteiger partial charge in [0.1, 0.15) is 12.0 Å². The molecule has 0 bridgehead atoms. The van der Waals surface area contributed by atoms with Crippen LogP contribution in [0, 0.1) is 5.82 Å². The minimum Gasteiger partial charge on any atom is -0.466 e. The van der Waals surface area contributed by atoms with E-state index in [2.05, 4.69) is 17.0 Å². The largest absolute Gasteiger partial charge is 0.466 e. The lowest BCUT2D eigenvalue weighted by Gasteiger charge is -2.35. The Morgan fingerprint density at radius 1 is 1.07 bits per heavy atom. The summed E-state index contributed by atoms with van der Waals surface area (Å²) in [6.07, 6.45) is 4.72. The molecule has 0 amide bonds. The Kier molecular flexibility index (Phi) is 8.20. The molecule has 1 fully saturated rings. The second-order valence-electron chi connectivity index (χ2n) is 7.41. The quantitative estimate of drug-likeness (QED) is 0.546. The molecule has 0 saturated carbocycles. The Morgan fingerprint density at radius 3 is 2.45 bits per heavy atom. The summed E-state index contributed by atoms with van der Waals surface area (Å²) in [7, 11) is 0. The highest BCUT2D eigenvalue weighted by atomic mass is 19.1. The molecule has 1 aliphatic heterocycles. The van der Waals surface area contributed by atoms with Crippen LogP contribution in [0.4, 0.5) is 4.39 Å². The average molecular weight is 400 g/mol. The fourth-order valence-corrected chi connectivity index (χ4v) is 3.69. The van der Waals surface area contributed by atoms with E-state index in [9.17, 15) is 9.18 Å². The predicted octanol–water partition coefficient (Wildman–Crippen LogP) is 5.16. The molecule has 4 nitrogen and oxygen atoms in total. The Bertz CT molecular complexity index is 761. The van der Waals surface area contributed by atoms with E-state index in [1.54, 1.807) is 12.1 Å². The monoisotopic (exact) mass is 399 g/mol. The number of hydrogen-bond donors (Lipinski definition) is 0. The maximum atomic E-state index is 13.1. The van der Waals surface area contributed by atoms with Gasteiger partial charge in [0, 0.05) is 19.5 Å². The SMILES string of the molecule is CCOC(=O)CCCN1CCCCC1OCc1ccc(-c2ccc(F)cc2)cc1. The molecule has 0 N–H and O–H groups in total. The van der Waals surface area contributed by atoms with Crippen LogP contribution in [0.3, 0.4) is 0 Å². The number of halogens is 1. The zero-order chi connectivity index (χ0) is 20.5. The number of carbonyl (C=O) groups excluding carboxylic acids is 1. The minimum absolute atomic E-state index is 0.0997. The molecule has 1 saturated heterocycles. The van der Waals surface area contributed by atoms with Crippen molar-refractivity contribution in [3.63, 3.8) is 0 Å². The molecule has 2 aromatic carbocycles. The number of carbonyl (C=O) groups is 1. The van der Waals surface area contributed by atoms with E-state index in [1.165, 1.54) is 25.0 Å². The molecule has 1 heterocycles. The van der Waals surface area contributed by atoms with Crippen LogP contribution < -0.4 is 0 Å². The summed E-state index contributed by atoms with van der Waals surface area (Å²) >= 11 is 0. The highest BCUT2D eigenvalue weighted by Gasteiger charge is 2.22. The van der Waals surface area contributed by atoms with E-state index in [-0.39, 0.29) is 18.0 Å². The molecule has 1 unspecified atom stereocenters. The fraction of sp³-hybridized carbons (Fsp3) is 0.458. The maximum Gasteiger partial charge on any atom is 0.305 e. The van der Waals surface area contributed by atoms with Gasteiger partial charge in [-0.05, 0) is 61.4 Å². The number of ether oxygens (including phenoxy) is 2. The molecule has 5 heteroatoms. The lowest BCUT2D eigenvalue weighted by Crippen LogP contribution is -2.41. The number of benzene rings is 2. The first-order valence-electron chi connectivity index (χ1n) is 10.5. The first-order chi connectivity index (χ1) is 14.2. The van der Waals surface area contributed by atoms with Crippen molar-refractivity contribution in [1.29, 1.82) is 0 Å². The summed E-state index contributed by atoms with van der Waals surface area (Å²) in [5.41, 5.74) is 3.18. The Balaban J connectivity index is 1.49. The molecule has 0 aliphatic carbocycles. The van der Waals surface area contributed by atoms with E-state index in [0.29, 0.717) is 19.6 Å². The molecule has 0 radical (unpaired) electrons. The van der Waals surface area contributed by atoms with E-state index < -0.39 is 0 Å². The second-order valence-corrected chi connectivity index (χ2v) is 7.41. The standard InChI is InChI=1S/C24H30FNO3/c1-2-28-24(27)7-5-17-26-16-4-3-6-23(26)29-18-19-8-10-20(11-9-19)21-12-14-22(25)15-13-21/h8-15,23H,2-7,16-18H2,1H3. The first-order valence-corrected chi connectivity index (χ1v) is 10.5. The van der Waals surface area contributed by atoms with Gasteiger partial charge in [-0.15, -0.1) is 0 Å².